The van der Waals surface area contributed by atoms with E-state index < -0.39 is 0 Å². The maximum absolute atomic E-state index is 12.7. The normalized spacial score (nSPS) is 10.3. The van der Waals surface area contributed by atoms with Gasteiger partial charge in [0.15, 0.2) is 0 Å². The third-order valence-electron chi connectivity index (χ3n) is 2.48. The topological polar surface area (TPSA) is 29.1 Å². The molecule has 2 nitrogen and oxygen atoms in total. The summed E-state index contributed by atoms with van der Waals surface area (Å²) >= 11 is 1.68. The SMILES string of the molecule is CCCCC(=O)NCCCSc1ccc(F)cc1. The van der Waals surface area contributed by atoms with Gasteiger partial charge >= 0.3 is 0 Å². The number of thioether (sulfide) groups is 1. The second-order valence-electron chi connectivity index (χ2n) is 4.11. The average molecular weight is 269 g/mol. The van der Waals surface area contributed by atoms with Gasteiger partial charge in [0.05, 0.1) is 0 Å². The Balaban J connectivity index is 2.05. The number of unbranched alkanes of at least 4 members (excludes halogenated alkanes) is 1. The van der Waals surface area contributed by atoms with Crippen molar-refractivity contribution >= 4 is 17.7 Å². The Morgan fingerprint density at radius 2 is 2.00 bits per heavy atom. The third-order valence-corrected chi connectivity index (χ3v) is 3.58. The molecule has 0 heterocycles. The van der Waals surface area contributed by atoms with Crippen LogP contribution in [0.25, 0.3) is 0 Å². The van der Waals surface area contributed by atoms with Gasteiger partial charge in [0.25, 0.3) is 0 Å². The molecule has 1 aromatic carbocycles. The second-order valence-corrected chi connectivity index (χ2v) is 5.28. The molecule has 0 saturated heterocycles. The summed E-state index contributed by atoms with van der Waals surface area (Å²) in [5, 5.41) is 2.90. The van der Waals surface area contributed by atoms with Crippen molar-refractivity contribution in [1.29, 1.82) is 0 Å². The van der Waals surface area contributed by atoms with Crippen LogP contribution in [0.4, 0.5) is 4.39 Å². The van der Waals surface area contributed by atoms with Crippen LogP contribution in [0.1, 0.15) is 32.6 Å². The average Bonchev–Trinajstić information content (AvgIpc) is 2.38. The van der Waals surface area contributed by atoms with E-state index in [1.54, 1.807) is 23.9 Å². The molecule has 4 heteroatoms. The van der Waals surface area contributed by atoms with Crippen LogP contribution in [0.3, 0.4) is 0 Å². The number of benzene rings is 1. The van der Waals surface area contributed by atoms with E-state index in [1.807, 2.05) is 0 Å². The molecule has 0 bridgehead atoms. The number of hydrogen-bond donors (Lipinski definition) is 1. The van der Waals surface area contributed by atoms with E-state index in [1.165, 1.54) is 12.1 Å². The number of halogens is 1. The molecule has 0 aliphatic heterocycles. The summed E-state index contributed by atoms with van der Waals surface area (Å²) in [6.45, 7) is 2.79. The molecular formula is C14H20FNOS. The van der Waals surface area contributed by atoms with E-state index in [2.05, 4.69) is 12.2 Å². The van der Waals surface area contributed by atoms with Gasteiger partial charge in [-0.3, -0.25) is 4.79 Å². The molecule has 0 aliphatic carbocycles. The summed E-state index contributed by atoms with van der Waals surface area (Å²) in [5.41, 5.74) is 0. The number of carbonyl (C=O) groups excluding carboxylic acids is 1. The second kappa shape index (κ2) is 8.97. The Labute approximate surface area is 112 Å². The van der Waals surface area contributed by atoms with E-state index >= 15 is 0 Å². The smallest absolute Gasteiger partial charge is 0.219 e. The van der Waals surface area contributed by atoms with Gasteiger partial charge in [0, 0.05) is 17.9 Å². The molecule has 18 heavy (non-hydrogen) atoms. The van der Waals surface area contributed by atoms with Crippen molar-refractivity contribution in [2.45, 2.75) is 37.5 Å². The fourth-order valence-corrected chi connectivity index (χ4v) is 2.30. The van der Waals surface area contributed by atoms with Crippen molar-refractivity contribution in [2.24, 2.45) is 0 Å². The van der Waals surface area contributed by atoms with Crippen molar-refractivity contribution < 1.29 is 9.18 Å². The maximum Gasteiger partial charge on any atom is 0.219 e. The lowest BCUT2D eigenvalue weighted by atomic mass is 10.2. The van der Waals surface area contributed by atoms with Crippen molar-refractivity contribution in [3.63, 3.8) is 0 Å². The quantitative estimate of drug-likeness (QED) is 0.577. The van der Waals surface area contributed by atoms with Gasteiger partial charge in [-0.25, -0.2) is 4.39 Å². The van der Waals surface area contributed by atoms with Crippen LogP contribution < -0.4 is 5.32 Å². The molecule has 0 spiro atoms. The minimum absolute atomic E-state index is 0.142. The largest absolute Gasteiger partial charge is 0.356 e. The lowest BCUT2D eigenvalue weighted by Gasteiger charge is -2.04. The van der Waals surface area contributed by atoms with E-state index in [-0.39, 0.29) is 11.7 Å². The van der Waals surface area contributed by atoms with Gasteiger partial charge in [0.2, 0.25) is 5.91 Å². The zero-order valence-electron chi connectivity index (χ0n) is 10.7. The van der Waals surface area contributed by atoms with Gasteiger partial charge in [-0.1, -0.05) is 13.3 Å². The van der Waals surface area contributed by atoms with E-state index in [4.69, 9.17) is 0 Å². The molecular weight excluding hydrogens is 249 g/mol. The van der Waals surface area contributed by atoms with E-state index in [9.17, 15) is 9.18 Å². The third kappa shape index (κ3) is 6.64. The fraction of sp³-hybridized carbons (Fsp3) is 0.500. The predicted molar refractivity (Wildman–Crippen MR) is 74.3 cm³/mol. The first-order valence-corrected chi connectivity index (χ1v) is 7.36. The lowest BCUT2D eigenvalue weighted by molar-refractivity contribution is -0.121. The molecule has 1 aromatic rings. The fourth-order valence-electron chi connectivity index (χ4n) is 1.45. The molecule has 0 aromatic heterocycles. The zero-order valence-corrected chi connectivity index (χ0v) is 11.6. The summed E-state index contributed by atoms with van der Waals surface area (Å²) in [6, 6.07) is 6.49. The van der Waals surface area contributed by atoms with Gasteiger partial charge < -0.3 is 5.32 Å². The number of nitrogens with one attached hydrogen (secondary N) is 1. The Morgan fingerprint density at radius 3 is 2.67 bits per heavy atom. The van der Waals surface area contributed by atoms with Crippen LogP contribution in [0, 0.1) is 5.82 Å². The lowest BCUT2D eigenvalue weighted by Crippen LogP contribution is -2.24. The Kier molecular flexibility index (Phi) is 7.49. The minimum Gasteiger partial charge on any atom is -0.356 e. The van der Waals surface area contributed by atoms with Crippen LogP contribution in [0.5, 0.6) is 0 Å². The highest BCUT2D eigenvalue weighted by Crippen LogP contribution is 2.18. The molecule has 0 radical (unpaired) electrons. The first-order valence-electron chi connectivity index (χ1n) is 6.37. The van der Waals surface area contributed by atoms with E-state index in [0.717, 1.165) is 36.5 Å². The molecule has 0 unspecified atom stereocenters. The van der Waals surface area contributed by atoms with Crippen LogP contribution in [0.2, 0.25) is 0 Å². The molecule has 1 rings (SSSR count). The van der Waals surface area contributed by atoms with Crippen molar-refractivity contribution in [1.82, 2.24) is 5.32 Å². The van der Waals surface area contributed by atoms with Gasteiger partial charge in [-0.2, -0.15) is 0 Å². The Bertz CT molecular complexity index is 353. The molecule has 0 saturated carbocycles. The van der Waals surface area contributed by atoms with E-state index in [0.29, 0.717) is 6.42 Å². The number of amides is 1. The van der Waals surface area contributed by atoms with Crippen molar-refractivity contribution in [3.05, 3.63) is 30.1 Å². The van der Waals surface area contributed by atoms with Crippen molar-refractivity contribution in [3.8, 4) is 0 Å². The monoisotopic (exact) mass is 269 g/mol. The van der Waals surface area contributed by atoms with Crippen molar-refractivity contribution in [2.75, 3.05) is 12.3 Å². The number of hydrogen-bond acceptors (Lipinski definition) is 2. The Morgan fingerprint density at radius 1 is 1.28 bits per heavy atom. The molecule has 0 atom stereocenters. The highest BCUT2D eigenvalue weighted by Gasteiger charge is 1.99. The van der Waals surface area contributed by atoms with Crippen LogP contribution in [-0.4, -0.2) is 18.2 Å². The van der Waals surface area contributed by atoms with Gasteiger partial charge in [-0.15, -0.1) is 11.8 Å². The summed E-state index contributed by atoms with van der Waals surface area (Å²) in [6.07, 6.45) is 3.56. The first kappa shape index (κ1) is 15.0. The van der Waals surface area contributed by atoms with Gasteiger partial charge in [-0.05, 0) is 42.9 Å². The molecule has 0 aliphatic rings. The zero-order chi connectivity index (χ0) is 13.2. The van der Waals surface area contributed by atoms with Crippen LogP contribution >= 0.6 is 11.8 Å². The summed E-state index contributed by atoms with van der Waals surface area (Å²) in [5.74, 6) is 0.867. The standard InChI is InChI=1S/C14H20FNOS/c1-2-3-5-14(17)16-10-4-11-18-13-8-6-12(15)7-9-13/h6-9H,2-5,10-11H2,1H3,(H,16,17). The van der Waals surface area contributed by atoms with Gasteiger partial charge in [0.1, 0.15) is 5.82 Å². The molecule has 1 amide bonds. The summed E-state index contributed by atoms with van der Waals surface area (Å²) < 4.78 is 12.7. The van der Waals surface area contributed by atoms with Crippen LogP contribution in [-0.2, 0) is 4.79 Å². The highest BCUT2D eigenvalue weighted by atomic mass is 32.2. The molecule has 0 fully saturated rings. The summed E-state index contributed by atoms with van der Waals surface area (Å²) in [7, 11) is 0. The maximum atomic E-state index is 12.7. The highest BCUT2D eigenvalue weighted by molar-refractivity contribution is 7.99. The first-order chi connectivity index (χ1) is 8.72. The number of carbonyl (C=O) groups is 1. The number of rotatable bonds is 8. The van der Waals surface area contributed by atoms with Crippen LogP contribution in [0.15, 0.2) is 29.2 Å². The Hall–Kier alpha value is -1.03. The summed E-state index contributed by atoms with van der Waals surface area (Å²) in [4.78, 5) is 12.4. The molecule has 1 N–H and O–H groups in total. The minimum atomic E-state index is -0.206. The molecule has 100 valence electrons. The predicted octanol–water partition coefficient (Wildman–Crippen LogP) is 3.61.